The Kier molecular flexibility index (Phi) is 4.40. The van der Waals surface area contributed by atoms with Crippen molar-refractivity contribution < 1.29 is 13.6 Å². The van der Waals surface area contributed by atoms with Crippen LogP contribution in [0.2, 0.25) is 0 Å². The second-order valence-corrected chi connectivity index (χ2v) is 8.21. The van der Waals surface area contributed by atoms with Gasteiger partial charge in [-0.15, -0.1) is 0 Å². The number of aromatic amines is 1. The molecule has 1 aliphatic rings. The van der Waals surface area contributed by atoms with E-state index in [1.165, 1.54) is 12.1 Å². The molecule has 0 fully saturated rings. The Morgan fingerprint density at radius 3 is 2.55 bits per heavy atom. The minimum absolute atomic E-state index is 0.0559. The van der Waals surface area contributed by atoms with E-state index in [0.29, 0.717) is 29.5 Å². The Balaban J connectivity index is 1.53. The highest BCUT2D eigenvalue weighted by Crippen LogP contribution is 2.39. The van der Waals surface area contributed by atoms with E-state index in [1.807, 2.05) is 24.3 Å². The number of nitrogens with one attached hydrogen (secondary N) is 1. The van der Waals surface area contributed by atoms with Crippen LogP contribution in [0, 0.1) is 5.82 Å². The lowest BCUT2D eigenvalue weighted by Gasteiger charge is -2.36. The Hall–Kier alpha value is -4.19. The molecule has 3 aromatic carbocycles. The van der Waals surface area contributed by atoms with Crippen molar-refractivity contribution in [2.24, 2.45) is 0 Å². The van der Waals surface area contributed by atoms with Crippen molar-refractivity contribution in [3.63, 3.8) is 0 Å². The topological polar surface area (TPSA) is 66.3 Å². The van der Waals surface area contributed by atoms with Gasteiger partial charge in [-0.05, 0) is 36.2 Å². The van der Waals surface area contributed by atoms with Crippen molar-refractivity contribution in [2.45, 2.75) is 12.5 Å². The Labute approximate surface area is 188 Å². The van der Waals surface area contributed by atoms with Gasteiger partial charge in [0.1, 0.15) is 17.4 Å². The second kappa shape index (κ2) is 7.45. The molecule has 33 heavy (non-hydrogen) atoms. The number of halogens is 1. The molecule has 5 nitrogen and oxygen atoms in total. The van der Waals surface area contributed by atoms with Crippen molar-refractivity contribution in [1.29, 1.82) is 0 Å². The average Bonchev–Trinajstić information content (AvgIpc) is 3.22. The number of H-pyrrole nitrogens is 1. The zero-order valence-corrected chi connectivity index (χ0v) is 17.5. The lowest BCUT2D eigenvalue weighted by Crippen LogP contribution is -2.41. The maximum absolute atomic E-state index is 15.0. The highest BCUT2D eigenvalue weighted by molar-refractivity contribution is 5.94. The summed E-state index contributed by atoms with van der Waals surface area (Å²) in [6.45, 7) is 0.364. The largest absolute Gasteiger partial charge is 0.451 e. The van der Waals surface area contributed by atoms with Gasteiger partial charge < -0.3 is 14.3 Å². The van der Waals surface area contributed by atoms with Crippen LogP contribution in [0.25, 0.3) is 21.9 Å². The zero-order chi connectivity index (χ0) is 22.5. The van der Waals surface area contributed by atoms with E-state index in [2.05, 4.69) is 4.98 Å². The molecule has 1 atom stereocenters. The summed E-state index contributed by atoms with van der Waals surface area (Å²) in [6, 6.07) is 21.8. The van der Waals surface area contributed by atoms with E-state index in [4.69, 9.17) is 4.42 Å². The fraction of sp³-hybridized carbons (Fsp3) is 0.111. The monoisotopic (exact) mass is 438 g/mol. The molecule has 1 amide bonds. The summed E-state index contributed by atoms with van der Waals surface area (Å²) in [5, 5.41) is 1.48. The van der Waals surface area contributed by atoms with Crippen LogP contribution in [0.1, 0.15) is 33.4 Å². The standard InChI is InChI=1S/C27H19FN2O3/c28-20-10-4-1-8-18(20)26-25-17(16-7-2-5-11-21(16)29-25)13-14-30(26)27(32)24-15-22(31)19-9-3-6-12-23(19)33-24/h1-12,15,26,29H,13-14H2/t26-/m1/s1. The Morgan fingerprint density at radius 1 is 0.970 bits per heavy atom. The summed E-state index contributed by atoms with van der Waals surface area (Å²) in [5.74, 6) is -0.901. The van der Waals surface area contributed by atoms with Gasteiger partial charge in [0, 0.05) is 34.8 Å². The van der Waals surface area contributed by atoms with Crippen LogP contribution in [0.3, 0.4) is 0 Å². The van der Waals surface area contributed by atoms with Gasteiger partial charge in [0.25, 0.3) is 5.91 Å². The number of nitrogens with zero attached hydrogens (tertiary/aromatic N) is 1. The Bertz CT molecular complexity index is 1600. The number of para-hydroxylation sites is 2. The molecular weight excluding hydrogens is 419 g/mol. The summed E-state index contributed by atoms with van der Waals surface area (Å²) in [4.78, 5) is 31.3. The summed E-state index contributed by atoms with van der Waals surface area (Å²) in [5.41, 5.74) is 3.24. The molecule has 0 aliphatic carbocycles. The molecule has 6 heteroatoms. The number of aromatic nitrogens is 1. The number of carbonyl (C=O) groups excluding carboxylic acids is 1. The van der Waals surface area contributed by atoms with Crippen molar-refractivity contribution in [2.75, 3.05) is 6.54 Å². The van der Waals surface area contributed by atoms with Crippen LogP contribution in [-0.4, -0.2) is 22.3 Å². The second-order valence-electron chi connectivity index (χ2n) is 8.21. The number of carbonyl (C=O) groups is 1. The predicted octanol–water partition coefficient (Wildman–Crippen LogP) is 5.20. The van der Waals surface area contributed by atoms with Crippen molar-refractivity contribution in [1.82, 2.24) is 9.88 Å². The van der Waals surface area contributed by atoms with Gasteiger partial charge in [-0.2, -0.15) is 0 Å². The molecule has 5 aromatic rings. The molecule has 3 heterocycles. The molecule has 0 radical (unpaired) electrons. The van der Waals surface area contributed by atoms with Gasteiger partial charge >= 0.3 is 0 Å². The van der Waals surface area contributed by atoms with Gasteiger partial charge in [-0.3, -0.25) is 9.59 Å². The summed E-state index contributed by atoms with van der Waals surface area (Å²) >= 11 is 0. The molecular formula is C27H19FN2O3. The fourth-order valence-corrected chi connectivity index (χ4v) is 4.83. The summed E-state index contributed by atoms with van der Waals surface area (Å²) in [7, 11) is 0. The number of hydrogen-bond donors (Lipinski definition) is 1. The first-order chi connectivity index (χ1) is 16.1. The van der Waals surface area contributed by atoms with Crippen LogP contribution < -0.4 is 5.43 Å². The summed E-state index contributed by atoms with van der Waals surface area (Å²) < 4.78 is 20.8. The smallest absolute Gasteiger partial charge is 0.290 e. The third kappa shape index (κ3) is 3.06. The van der Waals surface area contributed by atoms with Gasteiger partial charge in [0.05, 0.1) is 5.39 Å². The molecule has 0 saturated heterocycles. The molecule has 6 rings (SSSR count). The number of benzene rings is 3. The van der Waals surface area contributed by atoms with Gasteiger partial charge in [0.2, 0.25) is 0 Å². The molecule has 0 spiro atoms. The Morgan fingerprint density at radius 2 is 1.70 bits per heavy atom. The third-order valence-corrected chi connectivity index (χ3v) is 6.34. The van der Waals surface area contributed by atoms with Crippen molar-refractivity contribution in [3.05, 3.63) is 117 Å². The molecule has 0 unspecified atom stereocenters. The number of hydrogen-bond acceptors (Lipinski definition) is 3. The number of fused-ring (bicyclic) bond motifs is 4. The van der Waals surface area contributed by atoms with Crippen molar-refractivity contribution >= 4 is 27.8 Å². The molecule has 0 saturated carbocycles. The minimum Gasteiger partial charge on any atom is -0.451 e. The van der Waals surface area contributed by atoms with E-state index in [0.717, 1.165) is 22.2 Å². The van der Waals surface area contributed by atoms with Gasteiger partial charge in [-0.25, -0.2) is 4.39 Å². The number of amides is 1. The number of rotatable bonds is 2. The molecule has 162 valence electrons. The predicted molar refractivity (Wildman–Crippen MR) is 124 cm³/mol. The van der Waals surface area contributed by atoms with Crippen LogP contribution in [0.4, 0.5) is 4.39 Å². The van der Waals surface area contributed by atoms with E-state index in [9.17, 15) is 9.59 Å². The maximum Gasteiger partial charge on any atom is 0.290 e. The quantitative estimate of drug-likeness (QED) is 0.412. The van der Waals surface area contributed by atoms with Crippen molar-refractivity contribution in [3.8, 4) is 0 Å². The lowest BCUT2D eigenvalue weighted by atomic mass is 9.91. The van der Waals surface area contributed by atoms with Gasteiger partial charge in [0.15, 0.2) is 11.2 Å². The van der Waals surface area contributed by atoms with Crippen LogP contribution >= 0.6 is 0 Å². The average molecular weight is 438 g/mol. The van der Waals surface area contributed by atoms with Crippen LogP contribution in [0.15, 0.2) is 88.1 Å². The van der Waals surface area contributed by atoms with Gasteiger partial charge in [-0.1, -0.05) is 48.5 Å². The van der Waals surface area contributed by atoms with E-state index in [-0.39, 0.29) is 11.2 Å². The van der Waals surface area contributed by atoms with E-state index >= 15 is 4.39 Å². The molecule has 0 bridgehead atoms. The van der Waals surface area contributed by atoms with E-state index in [1.54, 1.807) is 47.4 Å². The third-order valence-electron chi connectivity index (χ3n) is 6.34. The van der Waals surface area contributed by atoms with Crippen LogP contribution in [-0.2, 0) is 6.42 Å². The maximum atomic E-state index is 15.0. The molecule has 1 N–H and O–H groups in total. The summed E-state index contributed by atoms with van der Waals surface area (Å²) in [6.07, 6.45) is 0.605. The first kappa shape index (κ1) is 19.5. The minimum atomic E-state index is -0.674. The fourth-order valence-electron chi connectivity index (χ4n) is 4.83. The highest BCUT2D eigenvalue weighted by atomic mass is 19.1. The van der Waals surface area contributed by atoms with Crippen LogP contribution in [0.5, 0.6) is 0 Å². The normalized spacial score (nSPS) is 15.7. The lowest BCUT2D eigenvalue weighted by molar-refractivity contribution is 0.0657. The molecule has 1 aliphatic heterocycles. The first-order valence-corrected chi connectivity index (χ1v) is 10.8. The van der Waals surface area contributed by atoms with E-state index < -0.39 is 17.8 Å². The highest BCUT2D eigenvalue weighted by Gasteiger charge is 2.37. The first-order valence-electron chi connectivity index (χ1n) is 10.8. The SMILES string of the molecule is O=C(c1cc(=O)c2ccccc2o1)N1CCc2c([nH]c3ccccc23)[C@H]1c1ccccc1F. The zero-order valence-electron chi connectivity index (χ0n) is 17.5. The molecule has 2 aromatic heterocycles.